The van der Waals surface area contributed by atoms with Crippen LogP contribution >= 0.6 is 0 Å². The highest BCUT2D eigenvalue weighted by Crippen LogP contribution is 2.15. The van der Waals surface area contributed by atoms with Crippen LogP contribution in [0.5, 0.6) is 0 Å². The minimum atomic E-state index is -3.56. The molecule has 0 aliphatic rings. The second-order valence-electron chi connectivity index (χ2n) is 4.42. The minimum absolute atomic E-state index is 0.0405. The van der Waals surface area contributed by atoms with Crippen molar-refractivity contribution in [3.8, 4) is 0 Å². The minimum Gasteiger partial charge on any atom is -0.395 e. The summed E-state index contributed by atoms with van der Waals surface area (Å²) in [5, 5.41) is 9.15. The number of hydrogen-bond acceptors (Lipinski definition) is 3. The fourth-order valence-corrected chi connectivity index (χ4v) is 3.13. The maximum Gasteiger partial charge on any atom is 0.241 e. The van der Waals surface area contributed by atoms with E-state index in [0.717, 1.165) is 0 Å². The molecule has 17 heavy (non-hydrogen) atoms. The van der Waals surface area contributed by atoms with Crippen molar-refractivity contribution in [2.24, 2.45) is 5.92 Å². The van der Waals surface area contributed by atoms with E-state index in [-0.39, 0.29) is 17.4 Å². The number of aliphatic hydroxyl groups excluding tert-OH is 1. The van der Waals surface area contributed by atoms with Crippen LogP contribution in [-0.2, 0) is 10.0 Å². The van der Waals surface area contributed by atoms with E-state index < -0.39 is 16.1 Å². The highest BCUT2D eigenvalue weighted by molar-refractivity contribution is 7.89. The molecule has 0 heterocycles. The monoisotopic (exact) mass is 257 g/mol. The standard InChI is InChI=1S/C12H19NO3S/c1-9(2)11(8-14)13-17(15,16)12-7-5-4-6-10(12)3/h4-7,9,11,13-14H,8H2,1-3H3/t11-/m1/s1. The summed E-state index contributed by atoms with van der Waals surface area (Å²) in [4.78, 5) is 0.263. The number of sulfonamides is 1. The third kappa shape index (κ3) is 3.52. The Bertz CT molecular complexity index is 468. The van der Waals surface area contributed by atoms with Crippen LogP contribution in [-0.4, -0.2) is 26.2 Å². The second-order valence-corrected chi connectivity index (χ2v) is 6.10. The molecule has 0 saturated heterocycles. The average Bonchev–Trinajstić information content (AvgIpc) is 2.26. The van der Waals surface area contributed by atoms with E-state index in [0.29, 0.717) is 5.56 Å². The maximum absolute atomic E-state index is 12.1. The number of hydrogen-bond donors (Lipinski definition) is 2. The fourth-order valence-electron chi connectivity index (χ4n) is 1.50. The van der Waals surface area contributed by atoms with E-state index >= 15 is 0 Å². The average molecular weight is 257 g/mol. The molecule has 1 aromatic carbocycles. The third-order valence-corrected chi connectivity index (χ3v) is 4.34. The number of aliphatic hydroxyl groups is 1. The largest absolute Gasteiger partial charge is 0.395 e. The third-order valence-electron chi connectivity index (χ3n) is 2.69. The molecule has 0 aliphatic carbocycles. The molecule has 0 fully saturated rings. The van der Waals surface area contributed by atoms with E-state index in [1.807, 2.05) is 13.8 Å². The molecule has 96 valence electrons. The summed E-state index contributed by atoms with van der Waals surface area (Å²) in [5.41, 5.74) is 0.695. The van der Waals surface area contributed by atoms with Crippen molar-refractivity contribution < 1.29 is 13.5 Å². The molecule has 1 rings (SSSR count). The van der Waals surface area contributed by atoms with Crippen LogP contribution in [0.3, 0.4) is 0 Å². The van der Waals surface area contributed by atoms with Crippen molar-refractivity contribution in [1.82, 2.24) is 4.72 Å². The lowest BCUT2D eigenvalue weighted by Gasteiger charge is -2.20. The van der Waals surface area contributed by atoms with Crippen LogP contribution in [0.25, 0.3) is 0 Å². The Morgan fingerprint density at radius 1 is 1.29 bits per heavy atom. The summed E-state index contributed by atoms with van der Waals surface area (Å²) >= 11 is 0. The van der Waals surface area contributed by atoms with Crippen molar-refractivity contribution >= 4 is 10.0 Å². The first-order chi connectivity index (χ1) is 7.88. The Morgan fingerprint density at radius 2 is 1.88 bits per heavy atom. The topological polar surface area (TPSA) is 66.4 Å². The van der Waals surface area contributed by atoms with Gasteiger partial charge in [-0.3, -0.25) is 0 Å². The summed E-state index contributed by atoms with van der Waals surface area (Å²) in [6.45, 7) is 5.27. The van der Waals surface area contributed by atoms with Crippen molar-refractivity contribution in [3.63, 3.8) is 0 Å². The van der Waals surface area contributed by atoms with Gasteiger partial charge in [-0.2, -0.15) is 0 Å². The molecule has 0 bridgehead atoms. The van der Waals surface area contributed by atoms with Crippen LogP contribution in [0.15, 0.2) is 29.2 Å². The zero-order chi connectivity index (χ0) is 13.1. The van der Waals surface area contributed by atoms with Gasteiger partial charge in [-0.1, -0.05) is 32.0 Å². The molecule has 0 spiro atoms. The molecular weight excluding hydrogens is 238 g/mol. The molecule has 0 amide bonds. The first kappa shape index (κ1) is 14.2. The molecule has 1 aromatic rings. The molecule has 2 N–H and O–H groups in total. The molecule has 0 aromatic heterocycles. The normalized spacial score (nSPS) is 13.9. The van der Waals surface area contributed by atoms with Gasteiger partial charge in [0.25, 0.3) is 0 Å². The van der Waals surface area contributed by atoms with Crippen LogP contribution < -0.4 is 4.72 Å². The smallest absolute Gasteiger partial charge is 0.241 e. The highest BCUT2D eigenvalue weighted by Gasteiger charge is 2.22. The first-order valence-corrected chi connectivity index (χ1v) is 7.05. The summed E-state index contributed by atoms with van der Waals surface area (Å²) < 4.78 is 26.7. The van der Waals surface area contributed by atoms with Gasteiger partial charge in [-0.25, -0.2) is 13.1 Å². The SMILES string of the molecule is Cc1ccccc1S(=O)(=O)N[C@H](CO)C(C)C. The fraction of sp³-hybridized carbons (Fsp3) is 0.500. The van der Waals surface area contributed by atoms with E-state index in [9.17, 15) is 8.42 Å². The van der Waals surface area contributed by atoms with Gasteiger partial charge in [0.15, 0.2) is 0 Å². The van der Waals surface area contributed by atoms with E-state index in [4.69, 9.17) is 5.11 Å². The van der Waals surface area contributed by atoms with Crippen molar-refractivity contribution in [1.29, 1.82) is 0 Å². The lowest BCUT2D eigenvalue weighted by molar-refractivity contribution is 0.227. The molecule has 0 radical (unpaired) electrons. The predicted octanol–water partition coefficient (Wildman–Crippen LogP) is 1.29. The van der Waals surface area contributed by atoms with Gasteiger partial charge in [0, 0.05) is 6.04 Å². The Kier molecular flexibility index (Phi) is 4.68. The molecule has 5 heteroatoms. The molecule has 4 nitrogen and oxygen atoms in total. The van der Waals surface area contributed by atoms with Gasteiger partial charge >= 0.3 is 0 Å². The molecule has 0 unspecified atom stereocenters. The van der Waals surface area contributed by atoms with Crippen molar-refractivity contribution in [2.45, 2.75) is 31.7 Å². The van der Waals surface area contributed by atoms with Crippen molar-refractivity contribution in [3.05, 3.63) is 29.8 Å². The van der Waals surface area contributed by atoms with Gasteiger partial charge in [0.05, 0.1) is 11.5 Å². The number of nitrogens with one attached hydrogen (secondary N) is 1. The summed E-state index contributed by atoms with van der Waals surface area (Å²) in [7, 11) is -3.56. The summed E-state index contributed by atoms with van der Waals surface area (Å²) in [6.07, 6.45) is 0. The van der Waals surface area contributed by atoms with Gasteiger partial charge in [-0.15, -0.1) is 0 Å². The van der Waals surface area contributed by atoms with Gasteiger partial charge in [0.2, 0.25) is 10.0 Å². The molecule has 0 saturated carbocycles. The zero-order valence-electron chi connectivity index (χ0n) is 10.3. The Balaban J connectivity index is 3.01. The highest BCUT2D eigenvalue weighted by atomic mass is 32.2. The van der Waals surface area contributed by atoms with Gasteiger partial charge in [-0.05, 0) is 24.5 Å². The lowest BCUT2D eigenvalue weighted by atomic mass is 10.1. The summed E-state index contributed by atoms with van der Waals surface area (Å²) in [5.74, 6) is 0.0405. The van der Waals surface area contributed by atoms with Crippen LogP contribution in [0.4, 0.5) is 0 Å². The maximum atomic E-state index is 12.1. The molecule has 1 atom stereocenters. The Morgan fingerprint density at radius 3 is 2.35 bits per heavy atom. The number of benzene rings is 1. The predicted molar refractivity (Wildman–Crippen MR) is 67.2 cm³/mol. The van der Waals surface area contributed by atoms with Crippen LogP contribution in [0, 0.1) is 12.8 Å². The van der Waals surface area contributed by atoms with Gasteiger partial charge < -0.3 is 5.11 Å². The van der Waals surface area contributed by atoms with E-state index in [1.165, 1.54) is 0 Å². The lowest BCUT2D eigenvalue weighted by Crippen LogP contribution is -2.41. The second kappa shape index (κ2) is 5.62. The van der Waals surface area contributed by atoms with E-state index in [2.05, 4.69) is 4.72 Å². The van der Waals surface area contributed by atoms with Crippen LogP contribution in [0.1, 0.15) is 19.4 Å². The molecular formula is C12H19NO3S. The van der Waals surface area contributed by atoms with Crippen molar-refractivity contribution in [2.75, 3.05) is 6.61 Å². The number of rotatable bonds is 5. The van der Waals surface area contributed by atoms with E-state index in [1.54, 1.807) is 31.2 Å². The quantitative estimate of drug-likeness (QED) is 0.835. The summed E-state index contributed by atoms with van der Waals surface area (Å²) in [6, 6.07) is 6.33. The Labute approximate surface area is 103 Å². The first-order valence-electron chi connectivity index (χ1n) is 5.57. The zero-order valence-corrected chi connectivity index (χ0v) is 11.2. The number of aryl methyl sites for hydroxylation is 1. The molecule has 0 aliphatic heterocycles. The Hall–Kier alpha value is -0.910. The van der Waals surface area contributed by atoms with Gasteiger partial charge in [0.1, 0.15) is 0 Å². The van der Waals surface area contributed by atoms with Crippen LogP contribution in [0.2, 0.25) is 0 Å².